The molecule has 3 aliphatic carbocycles. The highest BCUT2D eigenvalue weighted by Crippen LogP contribution is 2.63. The highest BCUT2D eigenvalue weighted by atomic mass is 15.1. The SMILES string of the molecule is CC1(C)c2ccccc2-c2ccc(N(c3ccc4c(c3)-c3ccccc3C43c4ccccc4-c4ccccc43)c3ccc4ccccc4c3)cc21. The van der Waals surface area contributed by atoms with E-state index in [1.807, 2.05) is 0 Å². The quantitative estimate of drug-likeness (QED) is 0.184. The van der Waals surface area contributed by atoms with Crippen LogP contribution in [0.15, 0.2) is 176 Å². The van der Waals surface area contributed by atoms with Crippen molar-refractivity contribution in [3.63, 3.8) is 0 Å². The van der Waals surface area contributed by atoms with Crippen molar-refractivity contribution in [1.29, 1.82) is 0 Å². The zero-order valence-electron chi connectivity index (χ0n) is 28.7. The van der Waals surface area contributed by atoms with Crippen LogP contribution in [0.3, 0.4) is 0 Å². The van der Waals surface area contributed by atoms with E-state index in [2.05, 4.69) is 195 Å². The van der Waals surface area contributed by atoms with E-state index < -0.39 is 0 Å². The van der Waals surface area contributed by atoms with Crippen LogP contribution in [-0.4, -0.2) is 0 Å². The standard InChI is InChI=1S/C50H35N/c1-49(2)43-19-9-5-15-37(43)41-27-25-36(31-48(41)49)51(34-24-23-32-13-3-4-14-33(32)29-34)35-26-28-47-42(30-35)40-18-8-12-22-46(40)50(47)44-20-10-6-16-38(44)39-17-7-11-21-45(39)50/h3-31H,1-2H3. The van der Waals surface area contributed by atoms with Crippen LogP contribution in [0.5, 0.6) is 0 Å². The molecule has 0 bridgehead atoms. The predicted octanol–water partition coefficient (Wildman–Crippen LogP) is 13.0. The number of rotatable bonds is 3. The largest absolute Gasteiger partial charge is 0.310 e. The van der Waals surface area contributed by atoms with Gasteiger partial charge in [0.15, 0.2) is 0 Å². The van der Waals surface area contributed by atoms with Gasteiger partial charge in [-0.25, -0.2) is 0 Å². The molecule has 0 saturated carbocycles. The second-order valence-corrected chi connectivity index (χ2v) is 14.9. The predicted molar refractivity (Wildman–Crippen MR) is 212 cm³/mol. The van der Waals surface area contributed by atoms with Crippen LogP contribution in [0.1, 0.15) is 47.2 Å². The molecule has 0 aliphatic heterocycles. The molecular weight excluding hydrogens is 615 g/mol. The van der Waals surface area contributed by atoms with Crippen LogP contribution in [0, 0.1) is 0 Å². The fourth-order valence-corrected chi connectivity index (χ4v) is 9.82. The van der Waals surface area contributed by atoms with Crippen molar-refractivity contribution in [2.75, 3.05) is 4.90 Å². The zero-order chi connectivity index (χ0) is 33.9. The molecular formula is C50H35N. The van der Waals surface area contributed by atoms with Gasteiger partial charge in [0.2, 0.25) is 0 Å². The molecule has 1 spiro atoms. The van der Waals surface area contributed by atoms with E-state index in [0.717, 1.165) is 11.4 Å². The first kappa shape index (κ1) is 28.6. The van der Waals surface area contributed by atoms with Gasteiger partial charge in [0.25, 0.3) is 0 Å². The average Bonchev–Trinajstić information content (AvgIpc) is 3.73. The van der Waals surface area contributed by atoms with E-state index in [4.69, 9.17) is 0 Å². The molecule has 0 atom stereocenters. The highest BCUT2D eigenvalue weighted by Gasteiger charge is 2.51. The van der Waals surface area contributed by atoms with Crippen molar-refractivity contribution < 1.29 is 0 Å². The van der Waals surface area contributed by atoms with Gasteiger partial charge in [-0.05, 0) is 114 Å². The van der Waals surface area contributed by atoms with E-state index in [-0.39, 0.29) is 10.8 Å². The lowest BCUT2D eigenvalue weighted by Crippen LogP contribution is -2.25. The molecule has 8 aromatic carbocycles. The fraction of sp³-hybridized carbons (Fsp3) is 0.0800. The molecule has 0 unspecified atom stereocenters. The van der Waals surface area contributed by atoms with Gasteiger partial charge in [-0.2, -0.15) is 0 Å². The van der Waals surface area contributed by atoms with Crippen LogP contribution in [0.25, 0.3) is 44.2 Å². The van der Waals surface area contributed by atoms with Crippen LogP contribution >= 0.6 is 0 Å². The molecule has 0 fully saturated rings. The number of hydrogen-bond acceptors (Lipinski definition) is 1. The summed E-state index contributed by atoms with van der Waals surface area (Å²) in [6.45, 7) is 4.73. The summed E-state index contributed by atoms with van der Waals surface area (Å²) in [7, 11) is 0. The molecule has 0 heterocycles. The van der Waals surface area contributed by atoms with Crippen molar-refractivity contribution in [2.45, 2.75) is 24.7 Å². The van der Waals surface area contributed by atoms with Crippen molar-refractivity contribution >= 4 is 27.8 Å². The van der Waals surface area contributed by atoms with Crippen LogP contribution in [-0.2, 0) is 10.8 Å². The molecule has 8 aromatic rings. The first-order valence-corrected chi connectivity index (χ1v) is 18.0. The summed E-state index contributed by atoms with van der Waals surface area (Å²) in [4.78, 5) is 2.47. The normalized spacial score (nSPS) is 14.8. The molecule has 3 aliphatic rings. The van der Waals surface area contributed by atoms with E-state index in [1.54, 1.807) is 0 Å². The monoisotopic (exact) mass is 649 g/mol. The Morgan fingerprint density at radius 3 is 1.41 bits per heavy atom. The number of benzene rings is 8. The number of fused-ring (bicyclic) bond motifs is 14. The molecule has 0 aromatic heterocycles. The number of anilines is 3. The van der Waals surface area contributed by atoms with Gasteiger partial charge in [-0.15, -0.1) is 0 Å². The molecule has 11 rings (SSSR count). The van der Waals surface area contributed by atoms with Gasteiger partial charge in [0, 0.05) is 22.5 Å². The van der Waals surface area contributed by atoms with Gasteiger partial charge in [-0.3, -0.25) is 0 Å². The summed E-state index contributed by atoms with van der Waals surface area (Å²) in [6.07, 6.45) is 0. The third-order valence-corrected chi connectivity index (χ3v) is 12.1. The third kappa shape index (κ3) is 3.71. The van der Waals surface area contributed by atoms with E-state index in [1.165, 1.54) is 83.2 Å². The molecule has 51 heavy (non-hydrogen) atoms. The second kappa shape index (κ2) is 10.2. The minimum atomic E-state index is -0.352. The van der Waals surface area contributed by atoms with E-state index >= 15 is 0 Å². The van der Waals surface area contributed by atoms with Gasteiger partial charge in [0.1, 0.15) is 0 Å². The minimum Gasteiger partial charge on any atom is -0.310 e. The maximum absolute atomic E-state index is 2.47. The zero-order valence-corrected chi connectivity index (χ0v) is 28.7. The van der Waals surface area contributed by atoms with Crippen molar-refractivity contribution in [3.8, 4) is 33.4 Å². The van der Waals surface area contributed by atoms with Crippen molar-refractivity contribution in [2.24, 2.45) is 0 Å². The van der Waals surface area contributed by atoms with Gasteiger partial charge < -0.3 is 4.90 Å². The Morgan fingerprint density at radius 2 is 0.745 bits per heavy atom. The maximum Gasteiger partial charge on any atom is 0.0725 e. The summed E-state index contributed by atoms with van der Waals surface area (Å²) >= 11 is 0. The molecule has 1 heteroatoms. The Bertz CT molecular complexity index is 2700. The Labute approximate surface area is 299 Å². The smallest absolute Gasteiger partial charge is 0.0725 e. The Kier molecular flexibility index (Phi) is 5.72. The van der Waals surface area contributed by atoms with Gasteiger partial charge in [0.05, 0.1) is 5.41 Å². The number of nitrogens with zero attached hydrogens (tertiary/aromatic N) is 1. The molecule has 0 radical (unpaired) electrons. The molecule has 0 N–H and O–H groups in total. The highest BCUT2D eigenvalue weighted by molar-refractivity contribution is 5.97. The second-order valence-electron chi connectivity index (χ2n) is 14.9. The molecule has 0 amide bonds. The third-order valence-electron chi connectivity index (χ3n) is 12.1. The van der Waals surface area contributed by atoms with E-state index in [9.17, 15) is 0 Å². The molecule has 240 valence electrons. The average molecular weight is 650 g/mol. The lowest BCUT2D eigenvalue weighted by molar-refractivity contribution is 0.660. The number of hydrogen-bond donors (Lipinski definition) is 0. The van der Waals surface area contributed by atoms with Crippen molar-refractivity contribution in [1.82, 2.24) is 0 Å². The first-order valence-electron chi connectivity index (χ1n) is 18.0. The summed E-state index contributed by atoms with van der Waals surface area (Å²) < 4.78 is 0. The van der Waals surface area contributed by atoms with Crippen LogP contribution in [0.2, 0.25) is 0 Å². The summed E-state index contributed by atoms with van der Waals surface area (Å²) in [5.41, 5.74) is 19.2. The lowest BCUT2D eigenvalue weighted by Gasteiger charge is -2.31. The van der Waals surface area contributed by atoms with Crippen LogP contribution < -0.4 is 4.90 Å². The summed E-state index contributed by atoms with van der Waals surface area (Å²) in [6, 6.07) is 65.9. The Hall–Kier alpha value is -6.18. The van der Waals surface area contributed by atoms with Crippen molar-refractivity contribution in [3.05, 3.63) is 209 Å². The summed E-state index contributed by atoms with van der Waals surface area (Å²) in [5.74, 6) is 0. The maximum atomic E-state index is 2.47. The molecule has 0 saturated heterocycles. The summed E-state index contributed by atoms with van der Waals surface area (Å²) in [5, 5.41) is 2.48. The van der Waals surface area contributed by atoms with E-state index in [0.29, 0.717) is 0 Å². The van der Waals surface area contributed by atoms with Gasteiger partial charge >= 0.3 is 0 Å². The molecule has 1 nitrogen and oxygen atoms in total. The first-order chi connectivity index (χ1) is 25.0. The minimum absolute atomic E-state index is 0.0937. The Morgan fingerprint density at radius 1 is 0.314 bits per heavy atom. The lowest BCUT2D eigenvalue weighted by atomic mass is 9.70. The van der Waals surface area contributed by atoms with Crippen LogP contribution in [0.4, 0.5) is 17.1 Å². The fourth-order valence-electron chi connectivity index (χ4n) is 9.82. The Balaban J connectivity index is 1.16. The topological polar surface area (TPSA) is 3.24 Å². The van der Waals surface area contributed by atoms with Gasteiger partial charge in [-0.1, -0.05) is 153 Å².